The molecule has 1 heterocycles. The van der Waals surface area contributed by atoms with Crippen LogP contribution in [0.25, 0.3) is 0 Å². The van der Waals surface area contributed by atoms with E-state index in [-0.39, 0.29) is 5.78 Å². The highest BCUT2D eigenvalue weighted by Gasteiger charge is 2.44. The zero-order valence-corrected chi connectivity index (χ0v) is 12.2. The van der Waals surface area contributed by atoms with Gasteiger partial charge in [0.2, 0.25) is 5.78 Å². The molecule has 0 N–H and O–H groups in total. The summed E-state index contributed by atoms with van der Waals surface area (Å²) in [6.07, 6.45) is 2.88. The number of hydrogen-bond acceptors (Lipinski definition) is 4. The van der Waals surface area contributed by atoms with Crippen LogP contribution in [-0.2, 0) is 10.5 Å². The van der Waals surface area contributed by atoms with E-state index in [0.29, 0.717) is 5.75 Å². The Hall–Kier alpha value is -2.17. The molecule has 2 aromatic rings. The van der Waals surface area contributed by atoms with Crippen LogP contribution in [0.1, 0.15) is 27.7 Å². The summed E-state index contributed by atoms with van der Waals surface area (Å²) in [5.74, 6) is 0.544. The minimum Gasteiger partial charge on any atom is -0.459 e. The molecule has 1 aromatic heterocycles. The molecule has 1 unspecified atom stereocenters. The van der Waals surface area contributed by atoms with Crippen LogP contribution >= 0.6 is 0 Å². The Morgan fingerprint density at radius 1 is 1.15 bits per heavy atom. The summed E-state index contributed by atoms with van der Waals surface area (Å²) in [6.45, 7) is 7.29. The quantitative estimate of drug-likeness (QED) is 0.859. The number of aromatic nitrogens is 3. The zero-order valence-electron chi connectivity index (χ0n) is 12.2. The number of benzene rings is 1. The van der Waals surface area contributed by atoms with Crippen LogP contribution in [0.2, 0.25) is 0 Å². The number of ether oxygens (including phenoxy) is 1. The lowest BCUT2D eigenvalue weighted by atomic mass is 9.85. The highest BCUT2D eigenvalue weighted by molar-refractivity contribution is 5.89. The lowest BCUT2D eigenvalue weighted by Crippen LogP contribution is -2.50. The van der Waals surface area contributed by atoms with Crippen LogP contribution in [-0.4, -0.2) is 20.5 Å². The fourth-order valence-corrected chi connectivity index (χ4v) is 2.04. The number of ketones is 1. The molecule has 1 aromatic carbocycles. The summed E-state index contributed by atoms with van der Waals surface area (Å²) in [4.78, 5) is 16.7. The summed E-state index contributed by atoms with van der Waals surface area (Å²) in [5.41, 5.74) is -1.79. The maximum atomic E-state index is 12.8. The lowest BCUT2D eigenvalue weighted by molar-refractivity contribution is -0.151. The van der Waals surface area contributed by atoms with E-state index in [1.165, 1.54) is 17.3 Å². The topological polar surface area (TPSA) is 57.0 Å². The highest BCUT2D eigenvalue weighted by Crippen LogP contribution is 2.30. The number of Topliss-reactive ketones (excluding diaryl/α,β-unsaturated/α-hetero) is 1. The molecule has 0 saturated heterocycles. The van der Waals surface area contributed by atoms with Crippen molar-refractivity contribution in [3.63, 3.8) is 0 Å². The van der Waals surface area contributed by atoms with Gasteiger partial charge in [-0.1, -0.05) is 39.0 Å². The molecule has 0 bridgehead atoms. The fourth-order valence-electron chi connectivity index (χ4n) is 2.04. The summed E-state index contributed by atoms with van der Waals surface area (Å²) >= 11 is 0. The van der Waals surface area contributed by atoms with Crippen LogP contribution in [0.3, 0.4) is 0 Å². The minimum absolute atomic E-state index is 0.0700. The normalized spacial score (nSPS) is 14.6. The largest absolute Gasteiger partial charge is 0.459 e. The van der Waals surface area contributed by atoms with Crippen molar-refractivity contribution in [1.82, 2.24) is 14.8 Å². The van der Waals surface area contributed by atoms with Crippen molar-refractivity contribution in [2.45, 2.75) is 33.4 Å². The van der Waals surface area contributed by atoms with Crippen molar-refractivity contribution < 1.29 is 9.53 Å². The SMILES string of the molecule is CC(C)(C)C(=O)C(C)(Oc1ccccc1)n1cncn1. The smallest absolute Gasteiger partial charge is 0.259 e. The first-order valence-electron chi connectivity index (χ1n) is 6.48. The Balaban J connectivity index is 2.43. The standard InChI is InChI=1S/C15H19N3O2/c1-14(2,3)13(19)15(4,18-11-16-10-17-18)20-12-8-6-5-7-9-12/h5-11H,1-4H3. The fraction of sp³-hybridized carbons (Fsp3) is 0.400. The van der Waals surface area contributed by atoms with E-state index < -0.39 is 11.1 Å². The number of hydrogen-bond donors (Lipinski definition) is 0. The number of carbonyl (C=O) groups is 1. The zero-order chi connectivity index (χ0) is 14.8. The molecule has 5 nitrogen and oxygen atoms in total. The van der Waals surface area contributed by atoms with Crippen molar-refractivity contribution in [1.29, 1.82) is 0 Å². The van der Waals surface area contributed by atoms with E-state index >= 15 is 0 Å². The molecule has 106 valence electrons. The lowest BCUT2D eigenvalue weighted by Gasteiger charge is -2.34. The maximum absolute atomic E-state index is 12.8. The molecule has 1 atom stereocenters. The predicted molar refractivity (Wildman–Crippen MR) is 75.2 cm³/mol. The molecule has 0 saturated carbocycles. The van der Waals surface area contributed by atoms with Gasteiger partial charge in [-0.15, -0.1) is 0 Å². The van der Waals surface area contributed by atoms with Crippen LogP contribution in [0, 0.1) is 5.41 Å². The van der Waals surface area contributed by atoms with Gasteiger partial charge in [-0.25, -0.2) is 9.67 Å². The highest BCUT2D eigenvalue weighted by atomic mass is 16.5. The number of carbonyl (C=O) groups excluding carboxylic acids is 1. The van der Waals surface area contributed by atoms with Crippen molar-refractivity contribution in [2.24, 2.45) is 5.41 Å². The first kappa shape index (κ1) is 14.2. The Morgan fingerprint density at radius 3 is 2.30 bits per heavy atom. The van der Waals surface area contributed by atoms with Gasteiger partial charge in [0.15, 0.2) is 0 Å². The molecule has 0 radical (unpaired) electrons. The molecule has 0 aliphatic rings. The van der Waals surface area contributed by atoms with Gasteiger partial charge in [0.1, 0.15) is 18.4 Å². The molecule has 0 spiro atoms. The van der Waals surface area contributed by atoms with E-state index in [9.17, 15) is 4.79 Å². The first-order valence-corrected chi connectivity index (χ1v) is 6.48. The minimum atomic E-state index is -1.23. The van der Waals surface area contributed by atoms with Gasteiger partial charge in [0.05, 0.1) is 0 Å². The third-order valence-electron chi connectivity index (χ3n) is 3.02. The Kier molecular flexibility index (Phi) is 3.61. The monoisotopic (exact) mass is 273 g/mol. The van der Waals surface area contributed by atoms with E-state index in [2.05, 4.69) is 10.1 Å². The first-order chi connectivity index (χ1) is 9.34. The predicted octanol–water partition coefficient (Wildman–Crippen LogP) is 2.65. The molecule has 0 aliphatic carbocycles. The molecule has 0 aliphatic heterocycles. The van der Waals surface area contributed by atoms with Crippen molar-refractivity contribution >= 4 is 5.78 Å². The van der Waals surface area contributed by atoms with E-state index in [1.54, 1.807) is 6.92 Å². The summed E-state index contributed by atoms with van der Waals surface area (Å²) in [7, 11) is 0. The third kappa shape index (κ3) is 2.71. The average Bonchev–Trinajstić information content (AvgIpc) is 2.92. The number of para-hydroxylation sites is 1. The van der Waals surface area contributed by atoms with Gasteiger partial charge >= 0.3 is 0 Å². The van der Waals surface area contributed by atoms with Crippen molar-refractivity contribution in [3.05, 3.63) is 43.0 Å². The molecule has 5 heteroatoms. The summed E-state index contributed by atoms with van der Waals surface area (Å²) in [6, 6.07) is 9.23. The Labute approximate surface area is 118 Å². The maximum Gasteiger partial charge on any atom is 0.259 e. The van der Waals surface area contributed by atoms with Crippen LogP contribution < -0.4 is 4.74 Å². The van der Waals surface area contributed by atoms with Gasteiger partial charge in [0, 0.05) is 12.3 Å². The van der Waals surface area contributed by atoms with E-state index in [0.717, 1.165) is 0 Å². The summed E-state index contributed by atoms with van der Waals surface area (Å²) in [5, 5.41) is 4.08. The second kappa shape index (κ2) is 5.07. The van der Waals surface area contributed by atoms with Gasteiger partial charge in [0.25, 0.3) is 5.72 Å². The number of rotatable bonds is 4. The summed E-state index contributed by atoms with van der Waals surface area (Å²) < 4.78 is 7.40. The van der Waals surface area contributed by atoms with Gasteiger partial charge in [-0.05, 0) is 12.1 Å². The second-order valence-electron chi connectivity index (χ2n) is 5.82. The molecule has 2 rings (SSSR count). The number of nitrogens with zero attached hydrogens (tertiary/aromatic N) is 3. The molecular formula is C15H19N3O2. The molecule has 20 heavy (non-hydrogen) atoms. The molecule has 0 fully saturated rings. The Morgan fingerprint density at radius 2 is 1.80 bits per heavy atom. The van der Waals surface area contributed by atoms with Crippen LogP contribution in [0.5, 0.6) is 5.75 Å². The molecular weight excluding hydrogens is 254 g/mol. The van der Waals surface area contributed by atoms with Crippen molar-refractivity contribution in [2.75, 3.05) is 0 Å². The van der Waals surface area contributed by atoms with E-state index in [4.69, 9.17) is 4.74 Å². The van der Waals surface area contributed by atoms with Crippen molar-refractivity contribution in [3.8, 4) is 5.75 Å². The molecule has 0 amide bonds. The second-order valence-corrected chi connectivity index (χ2v) is 5.82. The van der Waals surface area contributed by atoms with Gasteiger partial charge in [-0.3, -0.25) is 4.79 Å². The van der Waals surface area contributed by atoms with Gasteiger partial charge in [-0.2, -0.15) is 5.10 Å². The van der Waals surface area contributed by atoms with Gasteiger partial charge < -0.3 is 4.74 Å². The Bertz CT molecular complexity index is 573. The third-order valence-corrected chi connectivity index (χ3v) is 3.02. The average molecular weight is 273 g/mol. The van der Waals surface area contributed by atoms with Crippen LogP contribution in [0.4, 0.5) is 0 Å². The van der Waals surface area contributed by atoms with Crippen LogP contribution in [0.15, 0.2) is 43.0 Å². The van der Waals surface area contributed by atoms with E-state index in [1.807, 2.05) is 51.1 Å².